The maximum atomic E-state index is 13.3. The third-order valence-electron chi connectivity index (χ3n) is 3.37. The Balaban J connectivity index is 2.05. The van der Waals surface area contributed by atoms with Crippen LogP contribution in [0.3, 0.4) is 0 Å². The smallest absolute Gasteiger partial charge is 0.258 e. The van der Waals surface area contributed by atoms with Crippen molar-refractivity contribution in [3.63, 3.8) is 0 Å². The molecular formula is C17H11FN2O2. The number of pyridine rings is 1. The van der Waals surface area contributed by atoms with Gasteiger partial charge in [-0.25, -0.2) is 9.37 Å². The number of aromatic nitrogens is 1. The molecule has 4 nitrogen and oxygen atoms in total. The largest absolute Gasteiger partial charge is 0.270 e. The van der Waals surface area contributed by atoms with Gasteiger partial charge >= 0.3 is 0 Å². The highest BCUT2D eigenvalue weighted by Crippen LogP contribution is 2.25. The lowest BCUT2D eigenvalue weighted by molar-refractivity contribution is -0.384. The number of hydrogen-bond donors (Lipinski definition) is 0. The molecule has 0 amide bonds. The van der Waals surface area contributed by atoms with E-state index < -0.39 is 4.92 Å². The molecule has 0 N–H and O–H groups in total. The van der Waals surface area contributed by atoms with E-state index >= 15 is 0 Å². The van der Waals surface area contributed by atoms with Gasteiger partial charge in [-0.2, -0.15) is 0 Å². The molecule has 0 atom stereocenters. The van der Waals surface area contributed by atoms with E-state index in [2.05, 4.69) is 11.6 Å². The molecule has 0 bridgehead atoms. The summed E-state index contributed by atoms with van der Waals surface area (Å²) in [4.78, 5) is 14.8. The molecule has 22 heavy (non-hydrogen) atoms. The summed E-state index contributed by atoms with van der Waals surface area (Å²) >= 11 is 0. The minimum atomic E-state index is -0.458. The van der Waals surface area contributed by atoms with Gasteiger partial charge in [0.25, 0.3) is 5.69 Å². The molecule has 1 heterocycles. The summed E-state index contributed by atoms with van der Waals surface area (Å²) in [7, 11) is 0. The minimum Gasteiger partial charge on any atom is -0.258 e. The first kappa shape index (κ1) is 13.9. The SMILES string of the molecule is C=C(c1cccc([N+](=O)[O-])c1)c1ccc2ccc(F)cc2n1. The number of non-ortho nitro benzene ring substituents is 1. The van der Waals surface area contributed by atoms with Crippen LogP contribution >= 0.6 is 0 Å². The van der Waals surface area contributed by atoms with Crippen LogP contribution in [0.4, 0.5) is 10.1 Å². The molecule has 3 aromatic rings. The number of nitro groups is 1. The number of fused-ring (bicyclic) bond motifs is 1. The molecule has 0 saturated heterocycles. The lowest BCUT2D eigenvalue weighted by Crippen LogP contribution is -1.94. The maximum absolute atomic E-state index is 13.3. The second-order valence-corrected chi connectivity index (χ2v) is 4.82. The Labute approximate surface area is 125 Å². The lowest BCUT2D eigenvalue weighted by atomic mass is 10.0. The quantitative estimate of drug-likeness (QED) is 0.533. The summed E-state index contributed by atoms with van der Waals surface area (Å²) in [5.74, 6) is -0.363. The van der Waals surface area contributed by atoms with Gasteiger partial charge in [0.2, 0.25) is 0 Å². The van der Waals surface area contributed by atoms with Crippen molar-refractivity contribution >= 4 is 22.2 Å². The highest BCUT2D eigenvalue weighted by molar-refractivity contribution is 5.84. The van der Waals surface area contributed by atoms with E-state index in [1.54, 1.807) is 24.3 Å². The number of hydrogen-bond acceptors (Lipinski definition) is 3. The molecule has 0 saturated carbocycles. The van der Waals surface area contributed by atoms with Crippen molar-refractivity contribution < 1.29 is 9.31 Å². The fourth-order valence-electron chi connectivity index (χ4n) is 2.21. The van der Waals surface area contributed by atoms with Gasteiger partial charge in [-0.3, -0.25) is 10.1 Å². The molecule has 1 aromatic heterocycles. The zero-order valence-electron chi connectivity index (χ0n) is 11.5. The van der Waals surface area contributed by atoms with Crippen molar-refractivity contribution in [1.82, 2.24) is 4.98 Å². The van der Waals surface area contributed by atoms with Gasteiger partial charge in [0.05, 0.1) is 16.1 Å². The third-order valence-corrected chi connectivity index (χ3v) is 3.37. The van der Waals surface area contributed by atoms with Crippen molar-refractivity contribution in [1.29, 1.82) is 0 Å². The molecule has 5 heteroatoms. The second-order valence-electron chi connectivity index (χ2n) is 4.82. The zero-order chi connectivity index (χ0) is 15.7. The van der Waals surface area contributed by atoms with Gasteiger partial charge < -0.3 is 0 Å². The maximum Gasteiger partial charge on any atom is 0.270 e. The Morgan fingerprint density at radius 2 is 1.91 bits per heavy atom. The van der Waals surface area contributed by atoms with Crippen LogP contribution in [0.1, 0.15) is 11.3 Å². The predicted octanol–water partition coefficient (Wildman–Crippen LogP) is 4.34. The average Bonchev–Trinajstić information content (AvgIpc) is 2.53. The van der Waals surface area contributed by atoms with Crippen molar-refractivity contribution in [3.8, 4) is 0 Å². The van der Waals surface area contributed by atoms with E-state index in [0.717, 1.165) is 5.39 Å². The molecule has 0 spiro atoms. The van der Waals surface area contributed by atoms with Gasteiger partial charge in [-0.15, -0.1) is 0 Å². The van der Waals surface area contributed by atoms with Crippen LogP contribution in [0.2, 0.25) is 0 Å². The minimum absolute atomic E-state index is 0.00881. The molecule has 0 aliphatic rings. The third kappa shape index (κ3) is 2.56. The standard InChI is InChI=1S/C17H11FN2O2/c1-11(13-3-2-4-15(9-13)20(21)22)16-8-6-12-5-7-14(18)10-17(12)19-16/h2-10H,1H2. The molecule has 0 aliphatic heterocycles. The van der Waals surface area contributed by atoms with Crippen molar-refractivity contribution in [2.24, 2.45) is 0 Å². The lowest BCUT2D eigenvalue weighted by Gasteiger charge is -2.07. The highest BCUT2D eigenvalue weighted by atomic mass is 19.1. The fraction of sp³-hybridized carbons (Fsp3) is 0. The molecule has 0 unspecified atom stereocenters. The van der Waals surface area contributed by atoms with Crippen LogP contribution in [-0.4, -0.2) is 9.91 Å². The first-order chi connectivity index (χ1) is 10.5. The van der Waals surface area contributed by atoms with Crippen LogP contribution in [0.15, 0.2) is 61.2 Å². The number of rotatable bonds is 3. The Morgan fingerprint density at radius 3 is 2.68 bits per heavy atom. The predicted molar refractivity (Wildman–Crippen MR) is 82.9 cm³/mol. The Bertz CT molecular complexity index is 906. The van der Waals surface area contributed by atoms with Gasteiger partial charge in [0.15, 0.2) is 0 Å². The van der Waals surface area contributed by atoms with E-state index in [1.165, 1.54) is 24.3 Å². The van der Waals surface area contributed by atoms with Crippen LogP contribution in [0, 0.1) is 15.9 Å². The molecule has 2 aromatic carbocycles. The number of nitro benzene ring substituents is 1. The number of nitrogens with zero attached hydrogens (tertiary/aromatic N) is 2. The molecular weight excluding hydrogens is 283 g/mol. The van der Waals surface area contributed by atoms with E-state index in [0.29, 0.717) is 22.3 Å². The number of benzene rings is 2. The van der Waals surface area contributed by atoms with Crippen molar-refractivity contribution in [3.05, 3.63) is 88.4 Å². The molecule has 3 rings (SSSR count). The summed E-state index contributed by atoms with van der Waals surface area (Å²) < 4.78 is 13.3. The van der Waals surface area contributed by atoms with Crippen molar-refractivity contribution in [2.45, 2.75) is 0 Å². The van der Waals surface area contributed by atoms with Gasteiger partial charge in [-0.1, -0.05) is 24.8 Å². The van der Waals surface area contributed by atoms with E-state index in [1.807, 2.05) is 6.07 Å². The summed E-state index contributed by atoms with van der Waals surface area (Å²) in [6, 6.07) is 14.1. The summed E-state index contributed by atoms with van der Waals surface area (Å²) in [6.07, 6.45) is 0. The fourth-order valence-corrected chi connectivity index (χ4v) is 2.21. The van der Waals surface area contributed by atoms with E-state index in [4.69, 9.17) is 0 Å². The Kier molecular flexibility index (Phi) is 3.39. The summed E-state index contributed by atoms with van der Waals surface area (Å²) in [5.41, 5.74) is 2.22. The summed E-state index contributed by atoms with van der Waals surface area (Å²) in [5, 5.41) is 11.7. The monoisotopic (exact) mass is 294 g/mol. The first-order valence-electron chi connectivity index (χ1n) is 6.55. The van der Waals surface area contributed by atoms with E-state index in [9.17, 15) is 14.5 Å². The number of halogens is 1. The van der Waals surface area contributed by atoms with Crippen LogP contribution < -0.4 is 0 Å². The van der Waals surface area contributed by atoms with E-state index in [-0.39, 0.29) is 11.5 Å². The topological polar surface area (TPSA) is 56.0 Å². The van der Waals surface area contributed by atoms with Gasteiger partial charge in [-0.05, 0) is 23.8 Å². The van der Waals surface area contributed by atoms with Gasteiger partial charge in [0, 0.05) is 29.2 Å². The molecule has 0 radical (unpaired) electrons. The highest BCUT2D eigenvalue weighted by Gasteiger charge is 2.10. The van der Waals surface area contributed by atoms with Crippen LogP contribution in [0.5, 0.6) is 0 Å². The second kappa shape index (κ2) is 5.37. The first-order valence-corrected chi connectivity index (χ1v) is 6.55. The van der Waals surface area contributed by atoms with Crippen LogP contribution in [0.25, 0.3) is 16.5 Å². The molecule has 0 aliphatic carbocycles. The Hall–Kier alpha value is -3.08. The molecule has 0 fully saturated rings. The zero-order valence-corrected chi connectivity index (χ0v) is 11.5. The van der Waals surface area contributed by atoms with Crippen molar-refractivity contribution in [2.75, 3.05) is 0 Å². The Morgan fingerprint density at radius 1 is 1.14 bits per heavy atom. The van der Waals surface area contributed by atoms with Gasteiger partial charge in [0.1, 0.15) is 5.82 Å². The normalized spacial score (nSPS) is 10.6. The average molecular weight is 294 g/mol. The van der Waals surface area contributed by atoms with Crippen LogP contribution in [-0.2, 0) is 0 Å². The summed E-state index contributed by atoms with van der Waals surface area (Å²) in [6.45, 7) is 3.95. The molecule has 108 valence electrons.